The monoisotopic (exact) mass is 438 g/mol. The molecule has 0 aromatic heterocycles. The van der Waals surface area contributed by atoms with Gasteiger partial charge >= 0.3 is 0 Å². The summed E-state index contributed by atoms with van der Waals surface area (Å²) in [7, 11) is -3.56. The molecule has 0 unspecified atom stereocenters. The third-order valence-electron chi connectivity index (χ3n) is 4.72. The lowest BCUT2D eigenvalue weighted by molar-refractivity contribution is -0.120. The molecule has 1 fully saturated rings. The number of halogens is 1. The van der Waals surface area contributed by atoms with Gasteiger partial charge in [-0.3, -0.25) is 4.79 Å². The van der Waals surface area contributed by atoms with Crippen LogP contribution in [0.1, 0.15) is 19.8 Å². The van der Waals surface area contributed by atoms with Crippen molar-refractivity contribution in [1.29, 1.82) is 0 Å². The maximum absolute atomic E-state index is 12.8. The Bertz CT molecular complexity index is 925. The molecular weight excluding hydrogens is 416 g/mol. The summed E-state index contributed by atoms with van der Waals surface area (Å²) < 4.78 is 27.0. The number of piperidine rings is 1. The standard InChI is InChI=1S/C20H23ClN2O3S2/c1-2-27-19-6-4-3-5-18(19)22-20(24)15-11-13-23(14-12-15)28(25,26)17-9-7-16(21)8-10-17/h3-10,15H,2,11-14H2,1H3,(H,22,24). The molecule has 0 radical (unpaired) electrons. The smallest absolute Gasteiger partial charge is 0.243 e. The fourth-order valence-corrected chi connectivity index (χ4v) is 5.56. The molecule has 5 nitrogen and oxygen atoms in total. The van der Waals surface area contributed by atoms with Crippen molar-refractivity contribution in [1.82, 2.24) is 4.31 Å². The van der Waals surface area contributed by atoms with Crippen molar-refractivity contribution in [3.8, 4) is 0 Å². The van der Waals surface area contributed by atoms with E-state index in [-0.39, 0.29) is 16.7 Å². The Morgan fingerprint density at radius 2 is 1.79 bits per heavy atom. The second kappa shape index (κ2) is 9.31. The molecule has 1 heterocycles. The summed E-state index contributed by atoms with van der Waals surface area (Å²) in [6.45, 7) is 2.73. The predicted molar refractivity (Wildman–Crippen MR) is 114 cm³/mol. The quantitative estimate of drug-likeness (QED) is 0.674. The van der Waals surface area contributed by atoms with Crippen molar-refractivity contribution >= 4 is 45.0 Å². The third-order valence-corrected chi connectivity index (χ3v) is 7.84. The van der Waals surface area contributed by atoms with Crippen LogP contribution in [-0.4, -0.2) is 37.5 Å². The first kappa shape index (κ1) is 21.2. The van der Waals surface area contributed by atoms with E-state index in [1.807, 2.05) is 24.3 Å². The number of amides is 1. The number of anilines is 1. The first-order valence-corrected chi connectivity index (χ1v) is 12.0. The Hall–Kier alpha value is -1.54. The molecule has 1 aliphatic heterocycles. The number of thioether (sulfide) groups is 1. The van der Waals surface area contributed by atoms with Crippen LogP contribution in [0.5, 0.6) is 0 Å². The molecule has 150 valence electrons. The molecule has 8 heteroatoms. The van der Waals surface area contributed by atoms with E-state index in [1.165, 1.54) is 16.4 Å². The van der Waals surface area contributed by atoms with Crippen molar-refractivity contribution in [2.24, 2.45) is 5.92 Å². The second-order valence-electron chi connectivity index (χ2n) is 6.55. The summed E-state index contributed by atoms with van der Waals surface area (Å²) in [6, 6.07) is 13.9. The summed E-state index contributed by atoms with van der Waals surface area (Å²) in [4.78, 5) is 14.0. The summed E-state index contributed by atoms with van der Waals surface area (Å²) >= 11 is 7.53. The van der Waals surface area contributed by atoms with Crippen LogP contribution in [0, 0.1) is 5.92 Å². The fraction of sp³-hybridized carbons (Fsp3) is 0.350. The maximum atomic E-state index is 12.8. The minimum absolute atomic E-state index is 0.0484. The molecule has 1 amide bonds. The average Bonchev–Trinajstić information content (AvgIpc) is 2.70. The molecule has 2 aromatic carbocycles. The van der Waals surface area contributed by atoms with Gasteiger partial charge in [0.05, 0.1) is 10.6 Å². The molecule has 0 atom stereocenters. The second-order valence-corrected chi connectivity index (χ2v) is 10.2. The highest BCUT2D eigenvalue weighted by molar-refractivity contribution is 7.99. The zero-order valence-corrected chi connectivity index (χ0v) is 18.0. The Morgan fingerprint density at radius 3 is 2.43 bits per heavy atom. The molecule has 0 saturated carbocycles. The number of hydrogen-bond donors (Lipinski definition) is 1. The highest BCUT2D eigenvalue weighted by Gasteiger charge is 2.32. The van der Waals surface area contributed by atoms with E-state index < -0.39 is 10.0 Å². The van der Waals surface area contributed by atoms with E-state index in [0.29, 0.717) is 31.0 Å². The topological polar surface area (TPSA) is 66.5 Å². The normalized spacial score (nSPS) is 16.1. The van der Waals surface area contributed by atoms with Gasteiger partial charge in [0.2, 0.25) is 15.9 Å². The summed E-state index contributed by atoms with van der Waals surface area (Å²) in [5.41, 5.74) is 0.815. The number of carbonyl (C=O) groups is 1. The van der Waals surface area contributed by atoms with Crippen molar-refractivity contribution in [3.05, 3.63) is 53.6 Å². The molecule has 0 spiro atoms. The van der Waals surface area contributed by atoms with Crippen LogP contribution in [0.3, 0.4) is 0 Å². The lowest BCUT2D eigenvalue weighted by Gasteiger charge is -2.30. The fourth-order valence-electron chi connectivity index (χ4n) is 3.20. The SMILES string of the molecule is CCSc1ccccc1NC(=O)C1CCN(S(=O)(=O)c2ccc(Cl)cc2)CC1. The molecule has 1 saturated heterocycles. The van der Waals surface area contributed by atoms with Gasteiger partial charge in [-0.1, -0.05) is 30.7 Å². The van der Waals surface area contributed by atoms with Crippen molar-refractivity contribution < 1.29 is 13.2 Å². The predicted octanol–water partition coefficient (Wildman–Crippen LogP) is 4.49. The van der Waals surface area contributed by atoms with Gasteiger partial charge in [-0.05, 0) is 55.0 Å². The summed E-state index contributed by atoms with van der Waals surface area (Å²) in [6.07, 6.45) is 1.00. The highest BCUT2D eigenvalue weighted by atomic mass is 35.5. The molecule has 1 N–H and O–H groups in total. The lowest BCUT2D eigenvalue weighted by atomic mass is 9.97. The van der Waals surface area contributed by atoms with Crippen LogP contribution in [0.15, 0.2) is 58.3 Å². The van der Waals surface area contributed by atoms with Gasteiger partial charge in [0.1, 0.15) is 0 Å². The molecule has 0 bridgehead atoms. The van der Waals surface area contributed by atoms with Gasteiger partial charge in [-0.2, -0.15) is 4.31 Å². The third kappa shape index (κ3) is 4.89. The van der Waals surface area contributed by atoms with Gasteiger partial charge in [-0.15, -0.1) is 11.8 Å². The zero-order valence-electron chi connectivity index (χ0n) is 15.6. The number of carbonyl (C=O) groups excluding carboxylic acids is 1. The van der Waals surface area contributed by atoms with Crippen LogP contribution in [0.2, 0.25) is 5.02 Å². The number of para-hydroxylation sites is 1. The average molecular weight is 439 g/mol. The van der Waals surface area contributed by atoms with Crippen LogP contribution in [0.25, 0.3) is 0 Å². The Labute approximate surface area is 175 Å². The number of sulfonamides is 1. The number of rotatable bonds is 6. The minimum atomic E-state index is -3.56. The van der Waals surface area contributed by atoms with E-state index in [9.17, 15) is 13.2 Å². The van der Waals surface area contributed by atoms with Gasteiger partial charge in [-0.25, -0.2) is 8.42 Å². The van der Waals surface area contributed by atoms with Crippen LogP contribution < -0.4 is 5.32 Å². The van der Waals surface area contributed by atoms with Crippen LogP contribution >= 0.6 is 23.4 Å². The zero-order chi connectivity index (χ0) is 20.1. The van der Waals surface area contributed by atoms with Gasteiger partial charge in [0.25, 0.3) is 0 Å². The minimum Gasteiger partial charge on any atom is -0.325 e. The first-order valence-electron chi connectivity index (χ1n) is 9.20. The van der Waals surface area contributed by atoms with E-state index >= 15 is 0 Å². The van der Waals surface area contributed by atoms with Crippen molar-refractivity contribution in [2.45, 2.75) is 29.6 Å². The molecule has 0 aliphatic carbocycles. The van der Waals surface area contributed by atoms with Gasteiger partial charge in [0.15, 0.2) is 0 Å². The Morgan fingerprint density at radius 1 is 1.14 bits per heavy atom. The summed E-state index contributed by atoms with van der Waals surface area (Å²) in [5.74, 6) is 0.678. The first-order chi connectivity index (χ1) is 13.4. The van der Waals surface area contributed by atoms with E-state index in [0.717, 1.165) is 16.3 Å². The molecule has 28 heavy (non-hydrogen) atoms. The van der Waals surface area contributed by atoms with Crippen molar-refractivity contribution in [3.63, 3.8) is 0 Å². The summed E-state index contributed by atoms with van der Waals surface area (Å²) in [5, 5.41) is 3.51. The molecule has 1 aliphatic rings. The number of nitrogens with one attached hydrogen (secondary N) is 1. The van der Waals surface area contributed by atoms with Gasteiger partial charge < -0.3 is 5.32 Å². The van der Waals surface area contributed by atoms with E-state index in [4.69, 9.17) is 11.6 Å². The molecular formula is C20H23ClN2O3S2. The number of benzene rings is 2. The lowest BCUT2D eigenvalue weighted by Crippen LogP contribution is -2.41. The van der Waals surface area contributed by atoms with Crippen LogP contribution in [0.4, 0.5) is 5.69 Å². The number of nitrogens with zero attached hydrogens (tertiary/aromatic N) is 1. The van der Waals surface area contributed by atoms with Crippen molar-refractivity contribution in [2.75, 3.05) is 24.2 Å². The molecule has 2 aromatic rings. The highest BCUT2D eigenvalue weighted by Crippen LogP contribution is 2.29. The van der Waals surface area contributed by atoms with Crippen LogP contribution in [-0.2, 0) is 14.8 Å². The number of hydrogen-bond acceptors (Lipinski definition) is 4. The van der Waals surface area contributed by atoms with Gasteiger partial charge in [0, 0.05) is 28.9 Å². The molecule has 3 rings (SSSR count). The largest absolute Gasteiger partial charge is 0.325 e. The Balaban J connectivity index is 1.62. The maximum Gasteiger partial charge on any atom is 0.243 e. The van der Waals surface area contributed by atoms with E-state index in [1.54, 1.807) is 23.9 Å². The Kier molecular flexibility index (Phi) is 7.04. The van der Waals surface area contributed by atoms with E-state index in [2.05, 4.69) is 12.2 Å².